The third-order valence-electron chi connectivity index (χ3n) is 9.35. The number of nitrogens with one attached hydrogen (secondary N) is 2. The smallest absolute Gasteiger partial charge is 0.446 e. The molecular weight excluding hydrogens is 686 g/mol. The first-order valence-corrected chi connectivity index (χ1v) is 17.3. The lowest BCUT2D eigenvalue weighted by atomic mass is 9.83. The Hall–Kier alpha value is -4.91. The van der Waals surface area contributed by atoms with E-state index in [1.807, 2.05) is 30.3 Å². The standard InChI is InChI=1S/C38H35F4N3O5S/c1-49-32-19-31(39)29(25-12-13-26(43-20-25)14-15-33(46)50-21-22-6-3-2-4-7-22)18-30(32)36(47)45-35-24-11-10-23(16-24)34(35)37(48)44-27-8-5-9-28(17-27)51-38(40,41)42/h2-9,12-13,17-20,23-24,34-35H,10-11,14-16,21H2,1H3,(H,44,48)(H,45,47). The molecule has 2 aliphatic carbocycles. The minimum atomic E-state index is -4.47. The summed E-state index contributed by atoms with van der Waals surface area (Å²) in [6.45, 7) is 0.177. The van der Waals surface area contributed by atoms with Gasteiger partial charge in [0.2, 0.25) is 5.91 Å². The van der Waals surface area contributed by atoms with Crippen LogP contribution in [0.3, 0.4) is 0 Å². The van der Waals surface area contributed by atoms with Crippen LogP contribution in [0.15, 0.2) is 90.0 Å². The molecular formula is C38H35F4N3O5S. The molecule has 266 valence electrons. The number of carbonyl (C=O) groups is 3. The zero-order valence-corrected chi connectivity index (χ0v) is 28.4. The van der Waals surface area contributed by atoms with Gasteiger partial charge in [-0.1, -0.05) is 42.5 Å². The number of fused-ring (bicyclic) bond motifs is 2. The summed E-state index contributed by atoms with van der Waals surface area (Å²) in [6.07, 6.45) is 4.23. The Morgan fingerprint density at radius 3 is 2.47 bits per heavy atom. The first kappa shape index (κ1) is 35.9. The molecule has 2 saturated carbocycles. The normalized spacial score (nSPS) is 19.4. The number of esters is 1. The van der Waals surface area contributed by atoms with Crippen molar-refractivity contribution in [2.24, 2.45) is 17.8 Å². The number of carbonyl (C=O) groups excluding carboxylic acids is 3. The monoisotopic (exact) mass is 721 g/mol. The highest BCUT2D eigenvalue weighted by atomic mass is 32.2. The number of methoxy groups -OCH3 is 1. The van der Waals surface area contributed by atoms with E-state index in [-0.39, 0.29) is 76.0 Å². The average molecular weight is 722 g/mol. The van der Waals surface area contributed by atoms with Crippen molar-refractivity contribution in [2.45, 2.75) is 55.2 Å². The summed E-state index contributed by atoms with van der Waals surface area (Å²) >= 11 is -0.266. The van der Waals surface area contributed by atoms with Gasteiger partial charge in [-0.25, -0.2) is 4.39 Å². The SMILES string of the molecule is COc1cc(F)c(-c2ccc(CCC(=O)OCc3ccccc3)nc2)cc1C(=O)NC1C2CCC(C2)C1C(=O)Nc1cccc(SC(F)(F)F)c1. The van der Waals surface area contributed by atoms with Gasteiger partial charge >= 0.3 is 11.5 Å². The Morgan fingerprint density at radius 1 is 0.961 bits per heavy atom. The molecule has 4 unspecified atom stereocenters. The van der Waals surface area contributed by atoms with Gasteiger partial charge in [0.15, 0.2) is 0 Å². The number of benzene rings is 3. The highest BCUT2D eigenvalue weighted by Crippen LogP contribution is 2.49. The molecule has 1 heterocycles. The first-order valence-electron chi connectivity index (χ1n) is 16.5. The van der Waals surface area contributed by atoms with E-state index >= 15 is 4.39 Å². The van der Waals surface area contributed by atoms with Crippen LogP contribution in [0.2, 0.25) is 0 Å². The molecule has 6 rings (SSSR count). The fourth-order valence-electron chi connectivity index (χ4n) is 7.00. The fourth-order valence-corrected chi connectivity index (χ4v) is 7.60. The third-order valence-corrected chi connectivity index (χ3v) is 10.1. The second kappa shape index (κ2) is 15.5. The van der Waals surface area contributed by atoms with Gasteiger partial charge in [-0.2, -0.15) is 13.2 Å². The van der Waals surface area contributed by atoms with Crippen molar-refractivity contribution in [3.8, 4) is 16.9 Å². The molecule has 51 heavy (non-hydrogen) atoms. The second-order valence-electron chi connectivity index (χ2n) is 12.6. The number of aromatic nitrogens is 1. The number of anilines is 1. The molecule has 0 radical (unpaired) electrons. The highest BCUT2D eigenvalue weighted by Gasteiger charge is 2.51. The van der Waals surface area contributed by atoms with E-state index in [1.54, 1.807) is 12.1 Å². The molecule has 2 bridgehead atoms. The molecule has 2 fully saturated rings. The number of thioether (sulfide) groups is 1. The summed E-state index contributed by atoms with van der Waals surface area (Å²) < 4.78 is 64.8. The van der Waals surface area contributed by atoms with Crippen LogP contribution in [0.5, 0.6) is 5.75 Å². The predicted molar refractivity (Wildman–Crippen MR) is 183 cm³/mol. The topological polar surface area (TPSA) is 107 Å². The quantitative estimate of drug-likeness (QED) is 0.0869. The van der Waals surface area contributed by atoms with Crippen LogP contribution in [0, 0.1) is 23.6 Å². The maximum Gasteiger partial charge on any atom is 0.446 e. The molecule has 4 atom stereocenters. The lowest BCUT2D eigenvalue weighted by Crippen LogP contribution is -2.48. The number of alkyl halides is 3. The Balaban J connectivity index is 1.13. The summed E-state index contributed by atoms with van der Waals surface area (Å²) in [5.41, 5.74) is -2.16. The molecule has 2 N–H and O–H groups in total. The van der Waals surface area contributed by atoms with E-state index < -0.39 is 29.2 Å². The van der Waals surface area contributed by atoms with Crippen LogP contribution in [0.1, 0.15) is 47.3 Å². The molecule has 2 amide bonds. The fraction of sp³-hybridized carbons (Fsp3) is 0.316. The molecule has 8 nitrogen and oxygen atoms in total. The van der Waals surface area contributed by atoms with Crippen molar-refractivity contribution in [2.75, 3.05) is 12.4 Å². The van der Waals surface area contributed by atoms with Gasteiger partial charge < -0.3 is 20.1 Å². The largest absolute Gasteiger partial charge is 0.496 e. The zero-order valence-electron chi connectivity index (χ0n) is 27.5. The van der Waals surface area contributed by atoms with Crippen LogP contribution in [-0.4, -0.2) is 41.4 Å². The molecule has 13 heteroatoms. The lowest BCUT2D eigenvalue weighted by Gasteiger charge is -2.31. The second-order valence-corrected chi connectivity index (χ2v) is 13.8. The summed E-state index contributed by atoms with van der Waals surface area (Å²) in [5, 5.41) is 5.75. The number of ether oxygens (including phenoxy) is 2. The summed E-state index contributed by atoms with van der Waals surface area (Å²) in [7, 11) is 1.32. The molecule has 4 aromatic rings. The van der Waals surface area contributed by atoms with Crippen molar-refractivity contribution < 1.29 is 41.4 Å². The van der Waals surface area contributed by atoms with Crippen LogP contribution >= 0.6 is 11.8 Å². The van der Waals surface area contributed by atoms with Crippen LogP contribution in [0.25, 0.3) is 11.1 Å². The molecule has 1 aromatic heterocycles. The predicted octanol–water partition coefficient (Wildman–Crippen LogP) is 7.97. The summed E-state index contributed by atoms with van der Waals surface area (Å²) in [4.78, 5) is 43.9. The molecule has 0 aliphatic heterocycles. The van der Waals surface area contributed by atoms with Gasteiger partial charge in [0.1, 0.15) is 18.2 Å². The number of rotatable bonds is 12. The Bertz CT molecular complexity index is 1890. The van der Waals surface area contributed by atoms with E-state index in [0.29, 0.717) is 17.7 Å². The van der Waals surface area contributed by atoms with Crippen molar-refractivity contribution in [3.63, 3.8) is 0 Å². The van der Waals surface area contributed by atoms with Gasteiger partial charge in [-0.05, 0) is 78.8 Å². The van der Waals surface area contributed by atoms with Gasteiger partial charge in [0, 0.05) is 52.1 Å². The Morgan fingerprint density at radius 2 is 1.75 bits per heavy atom. The zero-order chi connectivity index (χ0) is 36.1. The van der Waals surface area contributed by atoms with Gasteiger partial charge in [0.25, 0.3) is 5.91 Å². The van der Waals surface area contributed by atoms with E-state index in [9.17, 15) is 27.6 Å². The van der Waals surface area contributed by atoms with Crippen molar-refractivity contribution in [1.29, 1.82) is 0 Å². The first-order chi connectivity index (χ1) is 24.5. The van der Waals surface area contributed by atoms with Crippen LogP contribution in [-0.2, 0) is 27.4 Å². The number of aryl methyl sites for hydroxylation is 1. The maximum absolute atomic E-state index is 15.3. The Kier molecular flexibility index (Phi) is 10.9. The van der Waals surface area contributed by atoms with Gasteiger partial charge in [0.05, 0.1) is 25.0 Å². The maximum atomic E-state index is 15.3. The van der Waals surface area contributed by atoms with E-state index in [4.69, 9.17) is 9.47 Å². The number of amides is 2. The van der Waals surface area contributed by atoms with Crippen molar-refractivity contribution in [1.82, 2.24) is 10.3 Å². The van der Waals surface area contributed by atoms with Crippen molar-refractivity contribution in [3.05, 3.63) is 108 Å². The Labute approximate surface area is 296 Å². The number of pyridine rings is 1. The summed E-state index contributed by atoms with van der Waals surface area (Å²) in [5.74, 6) is -2.51. The minimum Gasteiger partial charge on any atom is -0.496 e. The lowest BCUT2D eigenvalue weighted by molar-refractivity contribution is -0.144. The number of hydrogen-bond acceptors (Lipinski definition) is 7. The van der Waals surface area contributed by atoms with Crippen LogP contribution in [0.4, 0.5) is 23.2 Å². The van der Waals surface area contributed by atoms with Gasteiger partial charge in [-0.3, -0.25) is 19.4 Å². The summed E-state index contributed by atoms with van der Waals surface area (Å²) in [6, 6.07) is 20.2. The third kappa shape index (κ3) is 8.88. The average Bonchev–Trinajstić information content (AvgIpc) is 3.72. The molecule has 3 aromatic carbocycles. The van der Waals surface area contributed by atoms with Gasteiger partial charge in [-0.15, -0.1) is 0 Å². The van der Waals surface area contributed by atoms with Crippen LogP contribution < -0.4 is 15.4 Å². The number of hydrogen-bond donors (Lipinski definition) is 2. The van der Waals surface area contributed by atoms with E-state index in [2.05, 4.69) is 15.6 Å². The minimum absolute atomic E-state index is 0.00554. The molecule has 0 saturated heterocycles. The van der Waals surface area contributed by atoms with E-state index in [0.717, 1.165) is 30.9 Å². The van der Waals surface area contributed by atoms with Crippen molar-refractivity contribution >= 4 is 35.2 Å². The van der Waals surface area contributed by atoms with E-state index in [1.165, 1.54) is 43.6 Å². The molecule has 0 spiro atoms. The molecule has 2 aliphatic rings. The highest BCUT2D eigenvalue weighted by molar-refractivity contribution is 8.00. The number of nitrogens with zero attached hydrogens (tertiary/aromatic N) is 1. The number of halogens is 4.